The van der Waals surface area contributed by atoms with Crippen LogP contribution in [-0.4, -0.2) is 36.2 Å². The number of amides is 1. The van der Waals surface area contributed by atoms with E-state index in [-0.39, 0.29) is 29.7 Å². The highest BCUT2D eigenvalue weighted by Gasteiger charge is 2.42. The molecule has 1 saturated heterocycles. The van der Waals surface area contributed by atoms with Gasteiger partial charge in [-0.1, -0.05) is 49.7 Å². The number of nitrogens with zero attached hydrogens (tertiary/aromatic N) is 2. The maximum absolute atomic E-state index is 13.7. The first kappa shape index (κ1) is 23.0. The van der Waals surface area contributed by atoms with Crippen molar-refractivity contribution in [1.82, 2.24) is 4.90 Å². The van der Waals surface area contributed by atoms with E-state index in [4.69, 9.17) is 11.6 Å². The lowest BCUT2D eigenvalue weighted by Crippen LogP contribution is -2.45. The number of ketones is 1. The second-order valence-electron chi connectivity index (χ2n) is 10.5. The summed E-state index contributed by atoms with van der Waals surface area (Å²) in [4.78, 5) is 31.3. The van der Waals surface area contributed by atoms with E-state index in [0.717, 1.165) is 60.6 Å². The Labute approximate surface area is 206 Å². The number of anilines is 2. The first-order chi connectivity index (χ1) is 16.3. The van der Waals surface area contributed by atoms with Gasteiger partial charge in [-0.2, -0.15) is 0 Å². The van der Waals surface area contributed by atoms with Gasteiger partial charge in [-0.05, 0) is 60.9 Å². The third kappa shape index (κ3) is 4.46. The van der Waals surface area contributed by atoms with Gasteiger partial charge in [0.15, 0.2) is 5.78 Å². The van der Waals surface area contributed by atoms with Crippen molar-refractivity contribution in [2.75, 3.05) is 29.9 Å². The summed E-state index contributed by atoms with van der Waals surface area (Å²) in [5.74, 6) is 0.253. The van der Waals surface area contributed by atoms with Crippen LogP contribution < -0.4 is 10.2 Å². The third-order valence-electron chi connectivity index (χ3n) is 7.20. The molecule has 178 valence electrons. The molecule has 1 fully saturated rings. The lowest BCUT2D eigenvalue weighted by atomic mass is 9.73. The van der Waals surface area contributed by atoms with Crippen molar-refractivity contribution < 1.29 is 9.59 Å². The molecule has 0 unspecified atom stereocenters. The summed E-state index contributed by atoms with van der Waals surface area (Å²) < 4.78 is 0. The highest BCUT2D eigenvalue weighted by molar-refractivity contribution is 6.30. The molecule has 0 aromatic heterocycles. The number of para-hydroxylation sites is 2. The zero-order chi connectivity index (χ0) is 23.9. The molecule has 34 heavy (non-hydrogen) atoms. The number of allylic oxidation sites excluding steroid dienone is 1. The van der Waals surface area contributed by atoms with Gasteiger partial charge < -0.3 is 15.1 Å². The predicted molar refractivity (Wildman–Crippen MR) is 137 cm³/mol. The van der Waals surface area contributed by atoms with Crippen LogP contribution in [0, 0.1) is 5.41 Å². The van der Waals surface area contributed by atoms with Gasteiger partial charge in [0, 0.05) is 35.8 Å². The zero-order valence-corrected chi connectivity index (χ0v) is 20.7. The van der Waals surface area contributed by atoms with Gasteiger partial charge in [0.2, 0.25) is 5.91 Å². The van der Waals surface area contributed by atoms with Crippen LogP contribution in [0.3, 0.4) is 0 Å². The van der Waals surface area contributed by atoms with Crippen LogP contribution in [0.25, 0.3) is 0 Å². The molecular weight excluding hydrogens is 446 g/mol. The minimum Gasteiger partial charge on any atom is -0.357 e. The molecule has 6 heteroatoms. The fraction of sp³-hybridized carbons (Fsp3) is 0.429. The van der Waals surface area contributed by atoms with Crippen molar-refractivity contribution in [1.29, 1.82) is 0 Å². The van der Waals surface area contributed by atoms with Crippen LogP contribution >= 0.6 is 11.6 Å². The average molecular weight is 478 g/mol. The molecule has 1 aliphatic carbocycles. The van der Waals surface area contributed by atoms with E-state index < -0.39 is 0 Å². The van der Waals surface area contributed by atoms with Crippen molar-refractivity contribution in [3.05, 3.63) is 70.4 Å². The SMILES string of the molecule is CC1(C)CC(=O)C2=C(C1)Nc1ccccc1N(CC(=O)N1CCCCC1)[C@H]2c1ccc(Cl)cc1. The number of carbonyl (C=O) groups excluding carboxylic acids is 2. The Balaban J connectivity index is 1.66. The maximum Gasteiger partial charge on any atom is 0.242 e. The van der Waals surface area contributed by atoms with E-state index in [1.807, 2.05) is 53.4 Å². The van der Waals surface area contributed by atoms with Crippen LogP contribution in [0.2, 0.25) is 5.02 Å². The van der Waals surface area contributed by atoms with Crippen molar-refractivity contribution in [3.8, 4) is 0 Å². The minimum absolute atomic E-state index is 0.112. The zero-order valence-electron chi connectivity index (χ0n) is 19.9. The monoisotopic (exact) mass is 477 g/mol. The molecule has 0 spiro atoms. The Bertz CT molecular complexity index is 1130. The summed E-state index contributed by atoms with van der Waals surface area (Å²) in [5.41, 5.74) is 4.44. The van der Waals surface area contributed by atoms with Crippen LogP contribution in [0.5, 0.6) is 0 Å². The van der Waals surface area contributed by atoms with E-state index in [1.54, 1.807) is 0 Å². The summed E-state index contributed by atoms with van der Waals surface area (Å²) in [6, 6.07) is 15.4. The number of benzene rings is 2. The van der Waals surface area contributed by atoms with Gasteiger partial charge in [-0.25, -0.2) is 0 Å². The molecule has 1 amide bonds. The summed E-state index contributed by atoms with van der Waals surface area (Å²) in [7, 11) is 0. The molecule has 1 N–H and O–H groups in total. The van der Waals surface area contributed by atoms with Gasteiger partial charge in [0.05, 0.1) is 24.0 Å². The molecule has 0 saturated carbocycles. The second-order valence-corrected chi connectivity index (χ2v) is 10.9. The molecule has 2 aromatic rings. The van der Waals surface area contributed by atoms with E-state index in [0.29, 0.717) is 11.4 Å². The van der Waals surface area contributed by atoms with Crippen LogP contribution in [0.15, 0.2) is 59.8 Å². The quantitative estimate of drug-likeness (QED) is 0.591. The van der Waals surface area contributed by atoms with Crippen LogP contribution in [0.4, 0.5) is 11.4 Å². The number of hydrogen-bond donors (Lipinski definition) is 1. The number of halogens is 1. The lowest BCUT2D eigenvalue weighted by molar-refractivity contribution is -0.130. The molecule has 5 nitrogen and oxygen atoms in total. The number of Topliss-reactive ketones (excluding diaryl/α,β-unsaturated/α-hetero) is 1. The Hall–Kier alpha value is -2.79. The molecule has 0 radical (unpaired) electrons. The summed E-state index contributed by atoms with van der Waals surface area (Å²) >= 11 is 6.22. The average Bonchev–Trinajstić information content (AvgIpc) is 2.94. The number of fused-ring (bicyclic) bond motifs is 1. The van der Waals surface area contributed by atoms with Gasteiger partial charge in [0.25, 0.3) is 0 Å². The topological polar surface area (TPSA) is 52.7 Å². The largest absolute Gasteiger partial charge is 0.357 e. The van der Waals surface area contributed by atoms with Gasteiger partial charge in [-0.15, -0.1) is 0 Å². The number of carbonyl (C=O) groups is 2. The standard InChI is InChI=1S/C28H32ClN3O2/c1-28(2)16-22-26(24(33)17-28)27(19-10-12-20(29)13-11-19)32(23-9-5-4-8-21(23)30-22)18-25(34)31-14-6-3-7-15-31/h4-5,8-13,27,30H,3,6-7,14-18H2,1-2H3/t27-/m0/s1. The van der Waals surface area contributed by atoms with Crippen molar-refractivity contribution >= 4 is 34.7 Å². The van der Waals surface area contributed by atoms with Crippen molar-refractivity contribution in [2.24, 2.45) is 5.41 Å². The smallest absolute Gasteiger partial charge is 0.242 e. The summed E-state index contributed by atoms with van der Waals surface area (Å²) in [6.07, 6.45) is 4.54. The fourth-order valence-electron chi connectivity index (χ4n) is 5.61. The molecule has 5 rings (SSSR count). The number of piperidine rings is 1. The number of hydrogen-bond acceptors (Lipinski definition) is 4. The van der Waals surface area contributed by atoms with E-state index >= 15 is 0 Å². The first-order valence-electron chi connectivity index (χ1n) is 12.2. The minimum atomic E-state index is -0.360. The fourth-order valence-corrected chi connectivity index (χ4v) is 5.73. The van der Waals surface area contributed by atoms with Crippen molar-refractivity contribution in [3.63, 3.8) is 0 Å². The molecular formula is C28H32ClN3O2. The highest BCUT2D eigenvalue weighted by Crippen LogP contribution is 2.48. The Morgan fingerprint density at radius 1 is 1.03 bits per heavy atom. The Morgan fingerprint density at radius 3 is 2.47 bits per heavy atom. The number of rotatable bonds is 3. The maximum atomic E-state index is 13.7. The van der Waals surface area contributed by atoms with E-state index in [1.165, 1.54) is 6.42 Å². The van der Waals surface area contributed by atoms with Gasteiger partial charge in [-0.3, -0.25) is 9.59 Å². The summed E-state index contributed by atoms with van der Waals surface area (Å²) in [5, 5.41) is 4.26. The molecule has 3 aliphatic rings. The highest BCUT2D eigenvalue weighted by atomic mass is 35.5. The van der Waals surface area contributed by atoms with Crippen molar-refractivity contribution in [2.45, 2.75) is 52.0 Å². The van der Waals surface area contributed by atoms with E-state index in [9.17, 15) is 9.59 Å². The molecule has 2 aromatic carbocycles. The lowest BCUT2D eigenvalue weighted by Gasteiger charge is -2.39. The second kappa shape index (κ2) is 9.10. The Morgan fingerprint density at radius 2 is 1.74 bits per heavy atom. The molecule has 0 bridgehead atoms. The van der Waals surface area contributed by atoms with Gasteiger partial charge >= 0.3 is 0 Å². The van der Waals surface area contributed by atoms with Crippen LogP contribution in [0.1, 0.15) is 57.6 Å². The molecule has 1 atom stereocenters. The number of nitrogens with one attached hydrogen (secondary N) is 1. The van der Waals surface area contributed by atoms with E-state index in [2.05, 4.69) is 24.1 Å². The molecule has 2 heterocycles. The molecule has 2 aliphatic heterocycles. The third-order valence-corrected chi connectivity index (χ3v) is 7.46. The van der Waals surface area contributed by atoms with Crippen LogP contribution in [-0.2, 0) is 9.59 Å². The first-order valence-corrected chi connectivity index (χ1v) is 12.6. The normalized spacial score (nSPS) is 22.0. The predicted octanol–water partition coefficient (Wildman–Crippen LogP) is 5.97. The Kier molecular flexibility index (Phi) is 6.15. The van der Waals surface area contributed by atoms with Gasteiger partial charge in [0.1, 0.15) is 0 Å². The summed E-state index contributed by atoms with van der Waals surface area (Å²) in [6.45, 7) is 6.11. The number of likely N-dealkylation sites (tertiary alicyclic amines) is 1.